The van der Waals surface area contributed by atoms with Gasteiger partial charge in [0.15, 0.2) is 23.1 Å². The second-order valence-corrected chi connectivity index (χ2v) is 13.7. The van der Waals surface area contributed by atoms with E-state index in [1.807, 2.05) is 66.7 Å². The maximum atomic E-state index is 6.25. The molecule has 7 aromatic carbocycles. The van der Waals surface area contributed by atoms with Crippen molar-refractivity contribution in [2.75, 3.05) is 0 Å². The molecule has 3 heterocycles. The molecule has 0 aliphatic rings. The second-order valence-electron chi connectivity index (χ2n) is 12.6. The molecule has 3 aromatic heterocycles. The zero-order chi connectivity index (χ0) is 34.4. The lowest BCUT2D eigenvalue weighted by molar-refractivity contribution is 0.620. The van der Waals surface area contributed by atoms with E-state index in [0.717, 1.165) is 65.7 Å². The van der Waals surface area contributed by atoms with Crippen LogP contribution in [-0.4, -0.2) is 19.9 Å². The zero-order valence-corrected chi connectivity index (χ0v) is 28.6. The van der Waals surface area contributed by atoms with Crippen molar-refractivity contribution < 1.29 is 4.42 Å². The van der Waals surface area contributed by atoms with E-state index in [1.165, 1.54) is 10.1 Å². The molecule has 52 heavy (non-hydrogen) atoms. The Hall–Kier alpha value is -6.76. The summed E-state index contributed by atoms with van der Waals surface area (Å²) in [6.45, 7) is 0. The van der Waals surface area contributed by atoms with Crippen LogP contribution in [0.4, 0.5) is 0 Å². The van der Waals surface area contributed by atoms with Crippen molar-refractivity contribution in [1.29, 1.82) is 0 Å². The van der Waals surface area contributed by atoms with Crippen LogP contribution in [0.1, 0.15) is 0 Å². The van der Waals surface area contributed by atoms with E-state index in [-0.39, 0.29) is 0 Å². The normalized spacial score (nSPS) is 11.5. The van der Waals surface area contributed by atoms with Crippen LogP contribution in [0.15, 0.2) is 174 Å². The fourth-order valence-electron chi connectivity index (χ4n) is 6.90. The van der Waals surface area contributed by atoms with Crippen molar-refractivity contribution in [1.82, 2.24) is 19.9 Å². The van der Waals surface area contributed by atoms with Crippen LogP contribution in [0.5, 0.6) is 0 Å². The fraction of sp³-hybridized carbons (Fsp3) is 0. The van der Waals surface area contributed by atoms with E-state index in [9.17, 15) is 0 Å². The number of aromatic nitrogens is 4. The number of nitrogens with zero attached hydrogens (tertiary/aromatic N) is 4. The highest BCUT2D eigenvalue weighted by Crippen LogP contribution is 2.44. The van der Waals surface area contributed by atoms with E-state index >= 15 is 0 Å². The van der Waals surface area contributed by atoms with E-state index in [0.29, 0.717) is 23.4 Å². The highest BCUT2D eigenvalue weighted by molar-refractivity contribution is 7.26. The van der Waals surface area contributed by atoms with Crippen molar-refractivity contribution in [3.63, 3.8) is 0 Å². The Morgan fingerprint density at radius 1 is 0.385 bits per heavy atom. The summed E-state index contributed by atoms with van der Waals surface area (Å²) in [4.78, 5) is 20.2. The highest BCUT2D eigenvalue weighted by atomic mass is 32.1. The molecule has 0 N–H and O–H groups in total. The van der Waals surface area contributed by atoms with Crippen molar-refractivity contribution in [2.24, 2.45) is 0 Å². The summed E-state index contributed by atoms with van der Waals surface area (Å²) in [5, 5.41) is 2.32. The van der Waals surface area contributed by atoms with Gasteiger partial charge in [0.2, 0.25) is 5.89 Å². The molecule has 10 aromatic rings. The lowest BCUT2D eigenvalue weighted by atomic mass is 9.95. The minimum absolute atomic E-state index is 0.618. The van der Waals surface area contributed by atoms with Gasteiger partial charge >= 0.3 is 0 Å². The molecule has 0 bridgehead atoms. The molecular weight excluding hydrogens is 657 g/mol. The van der Waals surface area contributed by atoms with E-state index in [1.54, 1.807) is 11.3 Å². The van der Waals surface area contributed by atoms with Crippen LogP contribution in [0, 0.1) is 0 Å². The smallest absolute Gasteiger partial charge is 0.227 e. The number of fused-ring (bicyclic) bond motifs is 4. The Morgan fingerprint density at radius 2 is 0.962 bits per heavy atom. The van der Waals surface area contributed by atoms with Gasteiger partial charge in [-0.3, -0.25) is 0 Å². The first-order valence-corrected chi connectivity index (χ1v) is 18.0. The van der Waals surface area contributed by atoms with Crippen molar-refractivity contribution >= 4 is 42.6 Å². The van der Waals surface area contributed by atoms with Crippen LogP contribution in [0.2, 0.25) is 0 Å². The van der Waals surface area contributed by atoms with Gasteiger partial charge in [-0.2, -0.15) is 0 Å². The first kappa shape index (κ1) is 30.1. The average molecular weight is 685 g/mol. The number of hydrogen-bond acceptors (Lipinski definition) is 6. The predicted molar refractivity (Wildman–Crippen MR) is 213 cm³/mol. The molecule has 5 nitrogen and oxygen atoms in total. The molecule has 0 atom stereocenters. The largest absolute Gasteiger partial charge is 0.436 e. The fourth-order valence-corrected chi connectivity index (χ4v) is 8.04. The summed E-state index contributed by atoms with van der Waals surface area (Å²) in [5.74, 6) is 2.49. The minimum Gasteiger partial charge on any atom is -0.436 e. The average Bonchev–Trinajstić information content (AvgIpc) is 3.81. The number of oxazole rings is 1. The van der Waals surface area contributed by atoms with Gasteiger partial charge in [-0.05, 0) is 52.6 Å². The van der Waals surface area contributed by atoms with Gasteiger partial charge in [0.25, 0.3) is 0 Å². The number of benzene rings is 7. The summed E-state index contributed by atoms with van der Waals surface area (Å²) in [6.07, 6.45) is 0. The van der Waals surface area contributed by atoms with Gasteiger partial charge in [0.1, 0.15) is 5.52 Å². The topological polar surface area (TPSA) is 64.7 Å². The molecule has 0 aliphatic carbocycles. The summed E-state index contributed by atoms with van der Waals surface area (Å²) in [7, 11) is 0. The van der Waals surface area contributed by atoms with Gasteiger partial charge in [0.05, 0.1) is 0 Å². The lowest BCUT2D eigenvalue weighted by Crippen LogP contribution is -2.01. The lowest BCUT2D eigenvalue weighted by Gasteiger charge is -2.13. The molecular formula is C46H28N4OS. The van der Waals surface area contributed by atoms with Crippen LogP contribution >= 0.6 is 11.3 Å². The summed E-state index contributed by atoms with van der Waals surface area (Å²) in [6, 6.07) is 58.2. The standard InChI is InChI=1S/C46H28N4OS/c1-4-14-29(15-5-1)32-20-12-21-33(26-32)44-48-43(30-16-6-2-7-17-30)49-45(50-44)36-23-11-10-22-34(36)35-24-13-25-40-42(35)37-27-38-39(28-41(37)52-40)51-46(47-38)31-18-8-3-9-19-31/h1-28H. The molecule has 10 rings (SSSR count). The van der Waals surface area contributed by atoms with Crippen molar-refractivity contribution in [3.05, 3.63) is 170 Å². The molecule has 0 fully saturated rings. The second kappa shape index (κ2) is 12.5. The maximum absolute atomic E-state index is 6.25. The van der Waals surface area contributed by atoms with Crippen LogP contribution in [0.25, 0.3) is 99.1 Å². The molecule has 0 amide bonds. The Balaban J connectivity index is 1.15. The van der Waals surface area contributed by atoms with E-state index in [4.69, 9.17) is 24.4 Å². The number of thiophene rings is 1. The predicted octanol–water partition coefficient (Wildman–Crippen LogP) is 12.4. The first-order chi connectivity index (χ1) is 25.7. The van der Waals surface area contributed by atoms with Crippen molar-refractivity contribution in [3.8, 4) is 67.9 Å². The van der Waals surface area contributed by atoms with Crippen LogP contribution < -0.4 is 0 Å². The summed E-state index contributed by atoms with van der Waals surface area (Å²) < 4.78 is 8.59. The summed E-state index contributed by atoms with van der Waals surface area (Å²) >= 11 is 1.76. The molecule has 6 heteroatoms. The molecule has 244 valence electrons. The zero-order valence-electron chi connectivity index (χ0n) is 27.8. The van der Waals surface area contributed by atoms with Gasteiger partial charge in [-0.25, -0.2) is 19.9 Å². The Morgan fingerprint density at radius 3 is 1.73 bits per heavy atom. The molecule has 0 saturated carbocycles. The quantitative estimate of drug-likeness (QED) is 0.174. The number of rotatable bonds is 6. The third kappa shape index (κ3) is 5.34. The van der Waals surface area contributed by atoms with Crippen molar-refractivity contribution in [2.45, 2.75) is 0 Å². The molecule has 0 saturated heterocycles. The van der Waals surface area contributed by atoms with Gasteiger partial charge < -0.3 is 4.42 Å². The molecule has 0 radical (unpaired) electrons. The molecule has 0 aliphatic heterocycles. The SMILES string of the molecule is c1ccc(-c2cccc(-c3nc(-c4ccccc4)nc(-c4ccccc4-c4cccc5sc6cc7oc(-c8ccccc8)nc7cc6c45)n3)c2)cc1. The third-order valence-electron chi connectivity index (χ3n) is 9.38. The van der Waals surface area contributed by atoms with Gasteiger partial charge in [-0.15, -0.1) is 11.3 Å². The van der Waals surface area contributed by atoms with Crippen LogP contribution in [0.3, 0.4) is 0 Å². The minimum atomic E-state index is 0.618. The monoisotopic (exact) mass is 684 g/mol. The Kier molecular flexibility index (Phi) is 7.25. The third-order valence-corrected chi connectivity index (χ3v) is 10.5. The van der Waals surface area contributed by atoms with Gasteiger partial charge in [0, 0.05) is 48.5 Å². The van der Waals surface area contributed by atoms with E-state index in [2.05, 4.69) is 103 Å². The number of hydrogen-bond donors (Lipinski definition) is 0. The summed E-state index contributed by atoms with van der Waals surface area (Å²) in [5.41, 5.74) is 9.77. The van der Waals surface area contributed by atoms with Gasteiger partial charge in [-0.1, -0.05) is 133 Å². The molecule has 0 unspecified atom stereocenters. The maximum Gasteiger partial charge on any atom is 0.227 e. The highest BCUT2D eigenvalue weighted by Gasteiger charge is 2.20. The molecule has 0 spiro atoms. The Labute approximate surface area is 303 Å². The van der Waals surface area contributed by atoms with Crippen LogP contribution in [-0.2, 0) is 0 Å². The first-order valence-electron chi connectivity index (χ1n) is 17.1. The Bertz CT molecular complexity index is 2900. The van der Waals surface area contributed by atoms with E-state index < -0.39 is 0 Å².